The number of imidazole rings is 1. The zero-order chi connectivity index (χ0) is 14.7. The standard InChI is InChI=1S/C11H16FN5O3/c1-6(19)8(12)7(2-18)20-5-17-4-16-9-10(13)14-3-15-11(9)17/h3-4,6-8,18-19H,2,5H2,1H3,(H2,13,14,15). The Kier molecular flexibility index (Phi) is 4.42. The molecule has 3 atom stereocenters. The molecule has 2 aromatic rings. The summed E-state index contributed by atoms with van der Waals surface area (Å²) in [4.78, 5) is 11.8. The van der Waals surface area contributed by atoms with E-state index in [1.54, 1.807) is 0 Å². The number of fused-ring (bicyclic) bond motifs is 1. The molecule has 0 aromatic carbocycles. The van der Waals surface area contributed by atoms with Gasteiger partial charge in [-0.2, -0.15) is 0 Å². The number of aromatic nitrogens is 4. The SMILES string of the molecule is CC(O)C(F)C(CO)OCn1cnc2c(N)ncnc21. The number of aliphatic hydroxyl groups excluding tert-OH is 2. The van der Waals surface area contributed by atoms with Crippen molar-refractivity contribution in [2.45, 2.75) is 32.0 Å². The predicted octanol–water partition coefficient (Wildman–Crippen LogP) is -0.538. The number of nitrogens with zero attached hydrogens (tertiary/aromatic N) is 4. The van der Waals surface area contributed by atoms with E-state index in [2.05, 4.69) is 15.0 Å². The van der Waals surface area contributed by atoms with Gasteiger partial charge in [-0.15, -0.1) is 0 Å². The molecule has 0 aliphatic carbocycles. The molecule has 0 bridgehead atoms. The summed E-state index contributed by atoms with van der Waals surface area (Å²) in [6.07, 6.45) is -1.34. The lowest BCUT2D eigenvalue weighted by molar-refractivity contribution is -0.0905. The van der Waals surface area contributed by atoms with Crippen molar-refractivity contribution < 1.29 is 19.3 Å². The molecule has 2 heterocycles. The van der Waals surface area contributed by atoms with Crippen LogP contribution in [-0.4, -0.2) is 54.7 Å². The molecule has 2 aromatic heterocycles. The second kappa shape index (κ2) is 6.07. The fraction of sp³-hybridized carbons (Fsp3) is 0.545. The highest BCUT2D eigenvalue weighted by Crippen LogP contribution is 2.15. The number of hydrogen-bond acceptors (Lipinski definition) is 7. The van der Waals surface area contributed by atoms with Gasteiger partial charge >= 0.3 is 0 Å². The fourth-order valence-corrected chi connectivity index (χ4v) is 1.73. The Labute approximate surface area is 114 Å². The first kappa shape index (κ1) is 14.6. The number of ether oxygens (including phenoxy) is 1. The molecule has 4 N–H and O–H groups in total. The molecule has 0 spiro atoms. The maximum atomic E-state index is 13.6. The molecule has 20 heavy (non-hydrogen) atoms. The minimum atomic E-state index is -1.69. The zero-order valence-corrected chi connectivity index (χ0v) is 10.8. The van der Waals surface area contributed by atoms with Gasteiger partial charge in [0.1, 0.15) is 24.7 Å². The fourth-order valence-electron chi connectivity index (χ4n) is 1.73. The Morgan fingerprint density at radius 2 is 2.20 bits per heavy atom. The normalized spacial score (nSPS) is 16.2. The van der Waals surface area contributed by atoms with Crippen LogP contribution in [0.15, 0.2) is 12.7 Å². The van der Waals surface area contributed by atoms with Crippen LogP contribution in [0.5, 0.6) is 0 Å². The van der Waals surface area contributed by atoms with Crippen molar-refractivity contribution >= 4 is 17.0 Å². The second-order valence-corrected chi connectivity index (χ2v) is 4.35. The van der Waals surface area contributed by atoms with Crippen LogP contribution >= 0.6 is 0 Å². The molecular weight excluding hydrogens is 269 g/mol. The van der Waals surface area contributed by atoms with Gasteiger partial charge < -0.3 is 20.7 Å². The minimum Gasteiger partial charge on any atom is -0.394 e. The molecule has 0 radical (unpaired) electrons. The Hall–Kier alpha value is -1.84. The van der Waals surface area contributed by atoms with Gasteiger partial charge in [0.2, 0.25) is 0 Å². The molecule has 2 rings (SSSR count). The molecule has 0 amide bonds. The Morgan fingerprint density at radius 1 is 1.45 bits per heavy atom. The topological polar surface area (TPSA) is 119 Å². The average molecular weight is 285 g/mol. The van der Waals surface area contributed by atoms with Crippen LogP contribution in [0.1, 0.15) is 6.92 Å². The van der Waals surface area contributed by atoms with E-state index >= 15 is 0 Å². The van der Waals surface area contributed by atoms with E-state index in [1.807, 2.05) is 0 Å². The van der Waals surface area contributed by atoms with Gasteiger partial charge in [-0.25, -0.2) is 19.3 Å². The first-order chi connectivity index (χ1) is 9.54. The lowest BCUT2D eigenvalue weighted by Crippen LogP contribution is -2.37. The number of anilines is 1. The second-order valence-electron chi connectivity index (χ2n) is 4.35. The summed E-state index contributed by atoms with van der Waals surface area (Å²) < 4.78 is 20.3. The summed E-state index contributed by atoms with van der Waals surface area (Å²) >= 11 is 0. The quantitative estimate of drug-likeness (QED) is 0.652. The molecule has 110 valence electrons. The van der Waals surface area contributed by atoms with E-state index in [-0.39, 0.29) is 12.5 Å². The number of nitrogen functional groups attached to an aromatic ring is 1. The molecule has 3 unspecified atom stereocenters. The van der Waals surface area contributed by atoms with Gasteiger partial charge in [-0.05, 0) is 6.92 Å². The highest BCUT2D eigenvalue weighted by atomic mass is 19.1. The summed E-state index contributed by atoms with van der Waals surface area (Å²) in [6.45, 7) is 0.665. The number of hydrogen-bond donors (Lipinski definition) is 3. The van der Waals surface area contributed by atoms with Crippen molar-refractivity contribution in [3.8, 4) is 0 Å². The van der Waals surface area contributed by atoms with E-state index in [9.17, 15) is 4.39 Å². The summed E-state index contributed by atoms with van der Waals surface area (Å²) in [5.74, 6) is 0.236. The molecule has 0 fully saturated rings. The first-order valence-corrected chi connectivity index (χ1v) is 6.00. The van der Waals surface area contributed by atoms with E-state index < -0.39 is 25.0 Å². The van der Waals surface area contributed by atoms with Crippen molar-refractivity contribution in [3.63, 3.8) is 0 Å². The third kappa shape index (κ3) is 2.84. The van der Waals surface area contributed by atoms with Crippen LogP contribution in [0, 0.1) is 0 Å². The number of halogens is 1. The van der Waals surface area contributed by atoms with E-state index in [0.717, 1.165) is 0 Å². The molecular formula is C11H16FN5O3. The minimum absolute atomic E-state index is 0.0781. The molecule has 9 heteroatoms. The summed E-state index contributed by atoms with van der Waals surface area (Å²) in [5, 5.41) is 18.3. The highest BCUT2D eigenvalue weighted by molar-refractivity contribution is 5.80. The molecule has 0 saturated heterocycles. The molecule has 0 aliphatic heterocycles. The third-order valence-electron chi connectivity index (χ3n) is 2.85. The summed E-state index contributed by atoms with van der Waals surface area (Å²) in [5.41, 5.74) is 6.51. The van der Waals surface area contributed by atoms with Crippen LogP contribution in [0.4, 0.5) is 10.2 Å². The number of rotatable bonds is 6. The van der Waals surface area contributed by atoms with Gasteiger partial charge in [0.25, 0.3) is 0 Å². The largest absolute Gasteiger partial charge is 0.394 e. The van der Waals surface area contributed by atoms with Crippen LogP contribution in [0.25, 0.3) is 11.2 Å². The van der Waals surface area contributed by atoms with Crippen molar-refractivity contribution in [2.75, 3.05) is 12.3 Å². The first-order valence-electron chi connectivity index (χ1n) is 6.00. The maximum Gasteiger partial charge on any atom is 0.167 e. The van der Waals surface area contributed by atoms with Gasteiger partial charge in [0, 0.05) is 0 Å². The Morgan fingerprint density at radius 3 is 2.85 bits per heavy atom. The lowest BCUT2D eigenvalue weighted by atomic mass is 10.1. The highest BCUT2D eigenvalue weighted by Gasteiger charge is 2.26. The third-order valence-corrected chi connectivity index (χ3v) is 2.85. The number of nitrogens with two attached hydrogens (primary N) is 1. The maximum absolute atomic E-state index is 13.6. The Bertz CT molecular complexity index is 576. The van der Waals surface area contributed by atoms with E-state index in [0.29, 0.717) is 11.2 Å². The van der Waals surface area contributed by atoms with Gasteiger partial charge in [0.15, 0.2) is 17.6 Å². The van der Waals surface area contributed by atoms with Crippen LogP contribution in [0.3, 0.4) is 0 Å². The van der Waals surface area contributed by atoms with Crippen LogP contribution < -0.4 is 5.73 Å². The summed E-state index contributed by atoms with van der Waals surface area (Å²) in [7, 11) is 0. The van der Waals surface area contributed by atoms with Crippen molar-refractivity contribution in [1.29, 1.82) is 0 Å². The lowest BCUT2D eigenvalue weighted by Gasteiger charge is -2.21. The van der Waals surface area contributed by atoms with E-state index in [4.69, 9.17) is 20.7 Å². The number of aliphatic hydroxyl groups is 2. The van der Waals surface area contributed by atoms with Gasteiger partial charge in [0.05, 0.1) is 19.0 Å². The monoisotopic (exact) mass is 285 g/mol. The number of alkyl halides is 1. The van der Waals surface area contributed by atoms with Crippen LogP contribution in [-0.2, 0) is 11.5 Å². The Balaban J connectivity index is 2.11. The molecule has 0 saturated carbocycles. The van der Waals surface area contributed by atoms with E-state index in [1.165, 1.54) is 24.1 Å². The van der Waals surface area contributed by atoms with Gasteiger partial charge in [-0.1, -0.05) is 0 Å². The van der Waals surface area contributed by atoms with Crippen molar-refractivity contribution in [3.05, 3.63) is 12.7 Å². The van der Waals surface area contributed by atoms with Crippen molar-refractivity contribution in [1.82, 2.24) is 19.5 Å². The summed E-state index contributed by atoms with van der Waals surface area (Å²) in [6, 6.07) is 0. The molecule has 0 aliphatic rings. The van der Waals surface area contributed by atoms with Gasteiger partial charge in [-0.3, -0.25) is 4.57 Å². The zero-order valence-electron chi connectivity index (χ0n) is 10.8. The van der Waals surface area contributed by atoms with Crippen molar-refractivity contribution in [2.24, 2.45) is 0 Å². The van der Waals surface area contributed by atoms with Crippen LogP contribution in [0.2, 0.25) is 0 Å². The predicted molar refractivity (Wildman–Crippen MR) is 68.3 cm³/mol. The molecule has 8 nitrogen and oxygen atoms in total. The average Bonchev–Trinajstić information content (AvgIpc) is 2.84. The smallest absolute Gasteiger partial charge is 0.167 e.